The third-order valence-corrected chi connectivity index (χ3v) is 4.76. The first kappa shape index (κ1) is 14.6. The van der Waals surface area contributed by atoms with Gasteiger partial charge in [0.2, 0.25) is 0 Å². The van der Waals surface area contributed by atoms with Gasteiger partial charge in [0.25, 0.3) is 0 Å². The van der Waals surface area contributed by atoms with Crippen LogP contribution in [0.1, 0.15) is 5.56 Å². The SMILES string of the molecule is Clc1ccc(-c2cc(Cl)n3ncc(Br)c3n2)c(CI)c1. The third kappa shape index (κ3) is 2.56. The largest absolute Gasteiger partial charge is 0.227 e. The Morgan fingerprint density at radius 1 is 1.25 bits per heavy atom. The Labute approximate surface area is 147 Å². The molecule has 1 aromatic carbocycles. The Bertz CT molecular complexity index is 804. The molecule has 0 spiro atoms. The van der Waals surface area contributed by atoms with Gasteiger partial charge in [0.1, 0.15) is 5.15 Å². The molecule has 0 aliphatic carbocycles. The maximum Gasteiger partial charge on any atom is 0.171 e. The lowest BCUT2D eigenvalue weighted by Crippen LogP contribution is -1.96. The minimum atomic E-state index is 0.519. The van der Waals surface area contributed by atoms with Gasteiger partial charge in [-0.25, -0.2) is 9.50 Å². The molecule has 0 atom stereocenters. The van der Waals surface area contributed by atoms with Gasteiger partial charge in [-0.05, 0) is 33.6 Å². The number of rotatable bonds is 2. The van der Waals surface area contributed by atoms with Gasteiger partial charge in [-0.1, -0.05) is 51.9 Å². The molecular formula is C13H7BrCl2IN3. The van der Waals surface area contributed by atoms with E-state index in [1.54, 1.807) is 10.7 Å². The van der Waals surface area contributed by atoms with Crippen molar-refractivity contribution >= 4 is 67.4 Å². The molecule has 20 heavy (non-hydrogen) atoms. The standard InChI is InChI=1S/C13H7BrCl2IN3/c14-10-6-18-20-12(16)4-11(19-13(10)20)9-2-1-8(15)3-7(9)5-17/h1-4,6H,5H2. The Balaban J connectivity index is 2.26. The fourth-order valence-electron chi connectivity index (χ4n) is 1.96. The average Bonchev–Trinajstić information content (AvgIpc) is 2.81. The zero-order chi connectivity index (χ0) is 14.3. The molecule has 2 aromatic heterocycles. The summed E-state index contributed by atoms with van der Waals surface area (Å²) >= 11 is 18.0. The maximum absolute atomic E-state index is 6.26. The quantitative estimate of drug-likeness (QED) is 0.278. The fraction of sp³-hybridized carbons (Fsp3) is 0.0769. The van der Waals surface area contributed by atoms with Crippen LogP contribution in [-0.4, -0.2) is 14.6 Å². The zero-order valence-electron chi connectivity index (χ0n) is 9.95. The molecule has 3 rings (SSSR count). The van der Waals surface area contributed by atoms with Crippen molar-refractivity contribution in [1.82, 2.24) is 14.6 Å². The highest BCUT2D eigenvalue weighted by atomic mass is 127. The zero-order valence-corrected chi connectivity index (χ0v) is 15.2. The Morgan fingerprint density at radius 2 is 2.05 bits per heavy atom. The fourth-order valence-corrected chi connectivity index (χ4v) is 3.36. The number of hydrogen-bond acceptors (Lipinski definition) is 2. The van der Waals surface area contributed by atoms with Gasteiger partial charge >= 0.3 is 0 Å². The van der Waals surface area contributed by atoms with Crippen LogP contribution in [0.25, 0.3) is 16.9 Å². The van der Waals surface area contributed by atoms with Gasteiger partial charge in [0.15, 0.2) is 5.65 Å². The van der Waals surface area contributed by atoms with Crippen LogP contribution < -0.4 is 0 Å². The third-order valence-electron chi connectivity index (χ3n) is 2.87. The van der Waals surface area contributed by atoms with Crippen molar-refractivity contribution in [3.8, 4) is 11.3 Å². The minimum Gasteiger partial charge on any atom is -0.227 e. The summed E-state index contributed by atoms with van der Waals surface area (Å²) in [5.74, 6) is 0. The van der Waals surface area contributed by atoms with E-state index in [4.69, 9.17) is 23.2 Å². The highest BCUT2D eigenvalue weighted by Gasteiger charge is 2.12. The lowest BCUT2D eigenvalue weighted by molar-refractivity contribution is 0.941. The van der Waals surface area contributed by atoms with E-state index in [1.807, 2.05) is 24.3 Å². The summed E-state index contributed by atoms with van der Waals surface area (Å²) < 4.78 is 3.25. The van der Waals surface area contributed by atoms with E-state index in [0.717, 1.165) is 30.7 Å². The first-order chi connectivity index (χ1) is 9.60. The molecule has 3 nitrogen and oxygen atoms in total. The molecule has 7 heteroatoms. The maximum atomic E-state index is 6.26. The second kappa shape index (κ2) is 5.79. The molecule has 0 amide bonds. The normalized spacial score (nSPS) is 11.2. The molecule has 0 saturated carbocycles. The molecular weight excluding hydrogens is 476 g/mol. The van der Waals surface area contributed by atoms with Crippen LogP contribution in [0.2, 0.25) is 10.2 Å². The van der Waals surface area contributed by atoms with Crippen molar-refractivity contribution in [2.24, 2.45) is 0 Å². The highest BCUT2D eigenvalue weighted by Crippen LogP contribution is 2.30. The number of fused-ring (bicyclic) bond motifs is 1. The second-order valence-corrected chi connectivity index (χ2v) is 6.57. The molecule has 0 aliphatic heterocycles. The van der Waals surface area contributed by atoms with E-state index < -0.39 is 0 Å². The van der Waals surface area contributed by atoms with Crippen LogP contribution in [0.5, 0.6) is 0 Å². The molecule has 0 N–H and O–H groups in total. The molecule has 102 valence electrons. The number of halogens is 4. The van der Waals surface area contributed by atoms with Gasteiger partial charge in [-0.2, -0.15) is 5.10 Å². The van der Waals surface area contributed by atoms with Gasteiger partial charge in [-0.3, -0.25) is 0 Å². The lowest BCUT2D eigenvalue weighted by atomic mass is 10.1. The van der Waals surface area contributed by atoms with Crippen LogP contribution >= 0.6 is 61.7 Å². The number of nitrogens with zero attached hydrogens (tertiary/aromatic N) is 3. The molecule has 0 bridgehead atoms. The monoisotopic (exact) mass is 481 g/mol. The van der Waals surface area contributed by atoms with Crippen molar-refractivity contribution in [3.63, 3.8) is 0 Å². The van der Waals surface area contributed by atoms with E-state index in [0.29, 0.717) is 10.8 Å². The number of aromatic nitrogens is 3. The molecule has 0 fully saturated rings. The minimum absolute atomic E-state index is 0.519. The molecule has 2 heterocycles. The highest BCUT2D eigenvalue weighted by molar-refractivity contribution is 14.1. The number of hydrogen-bond donors (Lipinski definition) is 0. The van der Waals surface area contributed by atoms with Crippen molar-refractivity contribution in [2.75, 3.05) is 0 Å². The Hall–Kier alpha value is -0.370. The first-order valence-corrected chi connectivity index (χ1v) is 8.72. The summed E-state index contributed by atoms with van der Waals surface area (Å²) in [4.78, 5) is 4.63. The predicted octanol–water partition coefficient (Wildman–Crippen LogP) is 5.40. The predicted molar refractivity (Wildman–Crippen MR) is 93.9 cm³/mol. The Kier molecular flexibility index (Phi) is 4.21. The Morgan fingerprint density at radius 3 is 2.80 bits per heavy atom. The lowest BCUT2D eigenvalue weighted by Gasteiger charge is -2.09. The molecule has 0 saturated heterocycles. The van der Waals surface area contributed by atoms with Crippen LogP contribution in [0.4, 0.5) is 0 Å². The van der Waals surface area contributed by atoms with E-state index in [-0.39, 0.29) is 0 Å². The van der Waals surface area contributed by atoms with E-state index in [2.05, 4.69) is 48.6 Å². The van der Waals surface area contributed by atoms with E-state index in [9.17, 15) is 0 Å². The van der Waals surface area contributed by atoms with Crippen LogP contribution in [-0.2, 0) is 4.43 Å². The summed E-state index contributed by atoms with van der Waals surface area (Å²) in [6.45, 7) is 0. The van der Waals surface area contributed by atoms with Gasteiger partial charge in [0.05, 0.1) is 16.4 Å². The second-order valence-electron chi connectivity index (χ2n) is 4.13. The van der Waals surface area contributed by atoms with Gasteiger partial charge in [0, 0.05) is 21.1 Å². The summed E-state index contributed by atoms with van der Waals surface area (Å²) in [5, 5.41) is 5.40. The van der Waals surface area contributed by atoms with Crippen molar-refractivity contribution < 1.29 is 0 Å². The van der Waals surface area contributed by atoms with Crippen LogP contribution in [0.15, 0.2) is 34.9 Å². The van der Waals surface area contributed by atoms with Crippen molar-refractivity contribution in [3.05, 3.63) is 50.7 Å². The van der Waals surface area contributed by atoms with Crippen LogP contribution in [0, 0.1) is 0 Å². The summed E-state index contributed by atoms with van der Waals surface area (Å²) in [6.07, 6.45) is 1.68. The van der Waals surface area contributed by atoms with E-state index >= 15 is 0 Å². The van der Waals surface area contributed by atoms with Crippen molar-refractivity contribution in [2.45, 2.75) is 4.43 Å². The summed E-state index contributed by atoms with van der Waals surface area (Å²) in [6, 6.07) is 7.59. The smallest absolute Gasteiger partial charge is 0.171 e. The molecule has 0 unspecified atom stereocenters. The first-order valence-electron chi connectivity index (χ1n) is 5.64. The summed E-state index contributed by atoms with van der Waals surface area (Å²) in [7, 11) is 0. The number of alkyl halides is 1. The van der Waals surface area contributed by atoms with E-state index in [1.165, 1.54) is 0 Å². The van der Waals surface area contributed by atoms with Gasteiger partial charge in [-0.15, -0.1) is 0 Å². The van der Waals surface area contributed by atoms with Crippen LogP contribution in [0.3, 0.4) is 0 Å². The molecule has 0 radical (unpaired) electrons. The van der Waals surface area contributed by atoms with Crippen molar-refractivity contribution in [1.29, 1.82) is 0 Å². The molecule has 3 aromatic rings. The number of benzene rings is 1. The topological polar surface area (TPSA) is 30.2 Å². The summed E-state index contributed by atoms with van der Waals surface area (Å²) in [5.41, 5.74) is 3.66. The average molecular weight is 483 g/mol. The van der Waals surface area contributed by atoms with Gasteiger partial charge < -0.3 is 0 Å². The molecule has 0 aliphatic rings.